The average molecular weight is 523 g/mol. The fourth-order valence-electron chi connectivity index (χ4n) is 6.07. The second kappa shape index (κ2) is 10.8. The molecule has 4 fully saturated rings. The molecule has 4 saturated heterocycles. The predicted molar refractivity (Wildman–Crippen MR) is 137 cm³/mol. The van der Waals surface area contributed by atoms with E-state index in [0.717, 1.165) is 18.4 Å². The van der Waals surface area contributed by atoms with Gasteiger partial charge in [0.15, 0.2) is 24.2 Å². The second-order valence-electron chi connectivity index (χ2n) is 11.5. The van der Waals surface area contributed by atoms with E-state index < -0.39 is 23.5 Å². The maximum absolute atomic E-state index is 9.85. The van der Waals surface area contributed by atoms with E-state index in [1.165, 1.54) is 0 Å². The first-order chi connectivity index (χ1) is 17.4. The highest BCUT2D eigenvalue weighted by atomic mass is 16.9. The van der Waals surface area contributed by atoms with E-state index >= 15 is 0 Å². The van der Waals surface area contributed by atoms with Crippen molar-refractivity contribution < 1.29 is 38.3 Å². The number of aliphatic hydroxyl groups excluding tert-OH is 1. The standard InChI is InChI=1S/C17H24O5.C12H22O3/c1-4-17(11-18)14(19-10-12-8-6-5-7-9-12)13-15(22-17)21-16(2,3)20-13;1-6-12(7-2)8(3)9-10(15-12)14-11(4,5)13-9/h5-9,13-15,18H,4,10-11H2,1-3H3;8-10H,6-7H2,1-5H3/t13?,14-,15+,17+;8-,9?,10+/m11/s1. The highest BCUT2D eigenvalue weighted by Gasteiger charge is 2.62. The Morgan fingerprint density at radius 2 is 1.24 bits per heavy atom. The molecule has 0 amide bonds. The average Bonchev–Trinajstić information content (AvgIpc) is 3.51. The molecular weight excluding hydrogens is 476 g/mol. The maximum Gasteiger partial charge on any atom is 0.190 e. The third kappa shape index (κ3) is 5.63. The molecule has 0 aromatic heterocycles. The Hall–Kier alpha value is -1.10. The van der Waals surface area contributed by atoms with Crippen LogP contribution in [0.25, 0.3) is 0 Å². The van der Waals surface area contributed by atoms with Crippen molar-refractivity contribution in [1.82, 2.24) is 0 Å². The number of ether oxygens (including phenoxy) is 7. The number of hydrogen-bond acceptors (Lipinski definition) is 8. The van der Waals surface area contributed by atoms with Crippen molar-refractivity contribution in [3.63, 3.8) is 0 Å². The molecule has 8 nitrogen and oxygen atoms in total. The Bertz CT molecular complexity index is 879. The van der Waals surface area contributed by atoms with Crippen LogP contribution in [-0.4, -0.2) is 65.4 Å². The first-order valence-corrected chi connectivity index (χ1v) is 13.8. The smallest absolute Gasteiger partial charge is 0.190 e. The highest BCUT2D eigenvalue weighted by Crippen LogP contribution is 2.48. The fraction of sp³-hybridized carbons (Fsp3) is 0.793. The summed E-state index contributed by atoms with van der Waals surface area (Å²) < 4.78 is 41.5. The summed E-state index contributed by atoms with van der Waals surface area (Å²) in [5.74, 6) is -0.782. The molecule has 4 aliphatic heterocycles. The SMILES string of the molecule is CCC1(CC)O[C@@H]2OC(C)(C)OC2[C@H]1C.CC[C@@]1(CO)O[C@@H]2OC(C)(C)OC2[C@H]1OCc1ccccc1. The molecule has 0 aliphatic carbocycles. The first kappa shape index (κ1) is 28.9. The van der Waals surface area contributed by atoms with Crippen molar-refractivity contribution in [1.29, 1.82) is 0 Å². The molecule has 1 aromatic carbocycles. The van der Waals surface area contributed by atoms with E-state index in [2.05, 4.69) is 20.8 Å². The molecule has 1 N–H and O–H groups in total. The summed E-state index contributed by atoms with van der Waals surface area (Å²) >= 11 is 0. The lowest BCUT2D eigenvalue weighted by atomic mass is 9.83. The van der Waals surface area contributed by atoms with Gasteiger partial charge in [-0.2, -0.15) is 0 Å². The van der Waals surface area contributed by atoms with Crippen LogP contribution in [0, 0.1) is 5.92 Å². The van der Waals surface area contributed by atoms with E-state index in [9.17, 15) is 5.11 Å². The molecular formula is C29H46O8. The molecule has 0 saturated carbocycles. The number of rotatable bonds is 7. The Labute approximate surface area is 221 Å². The molecule has 210 valence electrons. The largest absolute Gasteiger partial charge is 0.393 e. The second-order valence-corrected chi connectivity index (χ2v) is 11.5. The van der Waals surface area contributed by atoms with E-state index in [4.69, 9.17) is 33.2 Å². The first-order valence-electron chi connectivity index (χ1n) is 13.8. The Balaban J connectivity index is 0.000000186. The van der Waals surface area contributed by atoms with Gasteiger partial charge in [-0.15, -0.1) is 0 Å². The van der Waals surface area contributed by atoms with Crippen molar-refractivity contribution >= 4 is 0 Å². The zero-order valence-corrected chi connectivity index (χ0v) is 23.7. The van der Waals surface area contributed by atoms with Crippen LogP contribution in [0.5, 0.6) is 0 Å². The minimum Gasteiger partial charge on any atom is -0.393 e. The molecule has 37 heavy (non-hydrogen) atoms. The van der Waals surface area contributed by atoms with Gasteiger partial charge in [0, 0.05) is 5.92 Å². The zero-order valence-electron chi connectivity index (χ0n) is 23.7. The number of aliphatic hydroxyl groups is 1. The summed E-state index contributed by atoms with van der Waals surface area (Å²) in [6, 6.07) is 9.94. The third-order valence-corrected chi connectivity index (χ3v) is 8.35. The van der Waals surface area contributed by atoms with Crippen molar-refractivity contribution in [3.8, 4) is 0 Å². The van der Waals surface area contributed by atoms with Crippen molar-refractivity contribution in [3.05, 3.63) is 35.9 Å². The minimum absolute atomic E-state index is 0.0498. The van der Waals surface area contributed by atoms with Gasteiger partial charge in [-0.3, -0.25) is 0 Å². The van der Waals surface area contributed by atoms with Gasteiger partial charge in [0.05, 0.1) is 18.8 Å². The molecule has 8 heteroatoms. The lowest BCUT2D eigenvalue weighted by molar-refractivity contribution is -0.252. The van der Waals surface area contributed by atoms with Gasteiger partial charge in [0.25, 0.3) is 0 Å². The van der Waals surface area contributed by atoms with Gasteiger partial charge in [0.1, 0.15) is 23.9 Å². The van der Waals surface area contributed by atoms with Gasteiger partial charge < -0.3 is 38.3 Å². The molecule has 4 aliphatic rings. The molecule has 0 bridgehead atoms. The molecule has 0 radical (unpaired) electrons. The monoisotopic (exact) mass is 522 g/mol. The van der Waals surface area contributed by atoms with E-state index in [1.54, 1.807) is 0 Å². The van der Waals surface area contributed by atoms with Crippen molar-refractivity contribution in [2.75, 3.05) is 6.61 Å². The Morgan fingerprint density at radius 1 is 0.730 bits per heavy atom. The summed E-state index contributed by atoms with van der Waals surface area (Å²) in [6.07, 6.45) is 1.40. The van der Waals surface area contributed by atoms with Crippen LogP contribution in [0.1, 0.15) is 80.2 Å². The van der Waals surface area contributed by atoms with Crippen molar-refractivity contribution in [2.45, 2.75) is 135 Å². The molecule has 4 heterocycles. The highest BCUT2D eigenvalue weighted by molar-refractivity contribution is 5.14. The van der Waals surface area contributed by atoms with Gasteiger partial charge in [-0.1, -0.05) is 58.0 Å². The summed E-state index contributed by atoms with van der Waals surface area (Å²) in [6.45, 7) is 16.5. The minimum atomic E-state index is -0.777. The van der Waals surface area contributed by atoms with E-state index in [-0.39, 0.29) is 36.8 Å². The quantitative estimate of drug-likeness (QED) is 0.541. The van der Waals surface area contributed by atoms with Gasteiger partial charge in [-0.25, -0.2) is 0 Å². The summed E-state index contributed by atoms with van der Waals surface area (Å²) in [5.41, 5.74) is 0.249. The lowest BCUT2D eigenvalue weighted by Gasteiger charge is -2.34. The van der Waals surface area contributed by atoms with Gasteiger partial charge in [-0.05, 0) is 52.5 Å². The predicted octanol–water partition coefficient (Wildman–Crippen LogP) is 4.91. The molecule has 1 aromatic rings. The molecule has 5 rings (SSSR count). The summed E-state index contributed by atoms with van der Waals surface area (Å²) in [7, 11) is 0. The van der Waals surface area contributed by atoms with Crippen LogP contribution in [0.2, 0.25) is 0 Å². The number of benzene rings is 1. The number of hydrogen-bond donors (Lipinski definition) is 1. The fourth-order valence-corrected chi connectivity index (χ4v) is 6.07. The van der Waals surface area contributed by atoms with Crippen LogP contribution >= 0.6 is 0 Å². The van der Waals surface area contributed by atoms with Gasteiger partial charge >= 0.3 is 0 Å². The molecule has 7 atom stereocenters. The van der Waals surface area contributed by atoms with Crippen LogP contribution in [0.3, 0.4) is 0 Å². The van der Waals surface area contributed by atoms with Gasteiger partial charge in [0.2, 0.25) is 0 Å². The van der Waals surface area contributed by atoms with Crippen LogP contribution in [-0.2, 0) is 39.8 Å². The topological polar surface area (TPSA) is 84.8 Å². The normalized spacial score (nSPS) is 38.6. The zero-order chi connectivity index (χ0) is 27.1. The number of fused-ring (bicyclic) bond motifs is 2. The molecule has 0 spiro atoms. The summed E-state index contributed by atoms with van der Waals surface area (Å²) in [5, 5.41) is 9.85. The summed E-state index contributed by atoms with van der Waals surface area (Å²) in [4.78, 5) is 0. The van der Waals surface area contributed by atoms with E-state index in [1.807, 2.05) is 65.0 Å². The van der Waals surface area contributed by atoms with Crippen LogP contribution in [0.15, 0.2) is 30.3 Å². The van der Waals surface area contributed by atoms with E-state index in [0.29, 0.717) is 18.9 Å². The van der Waals surface area contributed by atoms with Crippen molar-refractivity contribution in [2.24, 2.45) is 5.92 Å². The third-order valence-electron chi connectivity index (χ3n) is 8.35. The Kier molecular flexibility index (Phi) is 8.45. The van der Waals surface area contributed by atoms with Crippen LogP contribution in [0.4, 0.5) is 0 Å². The Morgan fingerprint density at radius 3 is 1.76 bits per heavy atom. The van der Waals surface area contributed by atoms with Crippen LogP contribution < -0.4 is 0 Å². The maximum atomic E-state index is 9.85. The molecule has 2 unspecified atom stereocenters. The lowest BCUT2D eigenvalue weighted by Crippen LogP contribution is -2.49.